The molecule has 1 atom stereocenters. The van der Waals surface area contributed by atoms with E-state index >= 15 is 0 Å². The van der Waals surface area contributed by atoms with Crippen LogP contribution in [0.15, 0.2) is 24.3 Å². The molecule has 1 aromatic carbocycles. The van der Waals surface area contributed by atoms with Crippen LogP contribution < -0.4 is 10.5 Å². The molecule has 0 fully saturated rings. The Labute approximate surface area is 87.8 Å². The summed E-state index contributed by atoms with van der Waals surface area (Å²) in [6.45, 7) is 1.83. The Bertz CT molecular complexity index is 328. The highest BCUT2D eigenvalue weighted by atomic mass is 35.5. The molecular weight excluding hydrogens is 202 g/mol. The van der Waals surface area contributed by atoms with Crippen molar-refractivity contribution in [3.63, 3.8) is 0 Å². The maximum Gasteiger partial charge on any atom is 0.258 e. The van der Waals surface area contributed by atoms with E-state index in [2.05, 4.69) is 0 Å². The van der Waals surface area contributed by atoms with Crippen molar-refractivity contribution in [2.75, 3.05) is 0 Å². The lowest BCUT2D eigenvalue weighted by molar-refractivity contribution is -0.124. The Morgan fingerprint density at radius 1 is 1.57 bits per heavy atom. The second kappa shape index (κ2) is 4.86. The van der Waals surface area contributed by atoms with Gasteiger partial charge >= 0.3 is 0 Å². The van der Waals surface area contributed by atoms with Gasteiger partial charge in [-0.25, -0.2) is 0 Å². The molecule has 1 aromatic rings. The first-order valence-corrected chi connectivity index (χ1v) is 4.73. The van der Waals surface area contributed by atoms with Gasteiger partial charge in [-0.3, -0.25) is 4.79 Å². The normalized spacial score (nSPS) is 12.1. The number of halogens is 1. The van der Waals surface area contributed by atoms with Crippen molar-refractivity contribution in [1.29, 1.82) is 0 Å². The van der Waals surface area contributed by atoms with Gasteiger partial charge in [-0.05, 0) is 18.6 Å². The molecule has 14 heavy (non-hydrogen) atoms. The maximum atomic E-state index is 10.9. The monoisotopic (exact) mass is 213 g/mol. The number of primary amides is 1. The van der Waals surface area contributed by atoms with Gasteiger partial charge in [0.1, 0.15) is 5.75 Å². The maximum absolute atomic E-state index is 10.9. The second-order valence-electron chi connectivity index (χ2n) is 2.85. The fourth-order valence-electron chi connectivity index (χ4n) is 1.04. The molecule has 0 saturated heterocycles. The third-order valence-corrected chi connectivity index (χ3v) is 2.11. The molecule has 0 radical (unpaired) electrons. The standard InChI is InChI=1S/C10H12ClNO2/c1-2-8(10(12)13)14-9-6-4-3-5-7(9)11/h3-6,8H,2H2,1H3,(H2,12,13)/t8-/m0/s1. The summed E-state index contributed by atoms with van der Waals surface area (Å²) in [5, 5.41) is 0.479. The molecule has 76 valence electrons. The summed E-state index contributed by atoms with van der Waals surface area (Å²) in [6, 6.07) is 6.98. The van der Waals surface area contributed by atoms with Gasteiger partial charge in [0.05, 0.1) is 5.02 Å². The molecule has 2 N–H and O–H groups in total. The summed E-state index contributed by atoms with van der Waals surface area (Å²) in [6.07, 6.45) is -0.0875. The molecule has 0 unspecified atom stereocenters. The number of benzene rings is 1. The molecule has 0 aromatic heterocycles. The number of carbonyl (C=O) groups excluding carboxylic acids is 1. The molecule has 1 rings (SSSR count). The third-order valence-electron chi connectivity index (χ3n) is 1.79. The van der Waals surface area contributed by atoms with Crippen LogP contribution in [0.4, 0.5) is 0 Å². The van der Waals surface area contributed by atoms with Crippen molar-refractivity contribution < 1.29 is 9.53 Å². The number of ether oxygens (including phenoxy) is 1. The highest BCUT2D eigenvalue weighted by Crippen LogP contribution is 2.24. The van der Waals surface area contributed by atoms with E-state index in [1.54, 1.807) is 24.3 Å². The van der Waals surface area contributed by atoms with Gasteiger partial charge in [-0.15, -0.1) is 0 Å². The van der Waals surface area contributed by atoms with E-state index in [-0.39, 0.29) is 0 Å². The molecule has 0 aliphatic rings. The molecular formula is C10H12ClNO2. The Hall–Kier alpha value is -1.22. The average molecular weight is 214 g/mol. The van der Waals surface area contributed by atoms with Crippen molar-refractivity contribution in [3.8, 4) is 5.75 Å². The van der Waals surface area contributed by atoms with Gasteiger partial charge in [0.2, 0.25) is 0 Å². The second-order valence-corrected chi connectivity index (χ2v) is 3.25. The van der Waals surface area contributed by atoms with E-state index in [1.165, 1.54) is 0 Å². The van der Waals surface area contributed by atoms with E-state index in [4.69, 9.17) is 22.1 Å². The number of nitrogens with two attached hydrogens (primary N) is 1. The zero-order chi connectivity index (χ0) is 10.6. The number of carbonyl (C=O) groups is 1. The average Bonchev–Trinajstić information content (AvgIpc) is 2.16. The number of amides is 1. The highest BCUT2D eigenvalue weighted by Gasteiger charge is 2.15. The molecule has 1 amide bonds. The van der Waals surface area contributed by atoms with Gasteiger partial charge < -0.3 is 10.5 Å². The summed E-state index contributed by atoms with van der Waals surface area (Å²) >= 11 is 5.85. The number of rotatable bonds is 4. The summed E-state index contributed by atoms with van der Waals surface area (Å²) < 4.78 is 5.35. The van der Waals surface area contributed by atoms with Crippen LogP contribution >= 0.6 is 11.6 Å². The van der Waals surface area contributed by atoms with Gasteiger partial charge in [0.25, 0.3) is 5.91 Å². The molecule has 0 heterocycles. The van der Waals surface area contributed by atoms with E-state index in [0.29, 0.717) is 17.2 Å². The van der Waals surface area contributed by atoms with Gasteiger partial charge in [-0.1, -0.05) is 30.7 Å². The van der Waals surface area contributed by atoms with Crippen molar-refractivity contribution in [2.24, 2.45) is 5.73 Å². The highest BCUT2D eigenvalue weighted by molar-refractivity contribution is 6.32. The molecule has 0 bridgehead atoms. The summed E-state index contributed by atoms with van der Waals surface area (Å²) in [5.41, 5.74) is 5.14. The van der Waals surface area contributed by atoms with E-state index in [1.807, 2.05) is 6.92 Å². The molecule has 4 heteroatoms. The van der Waals surface area contributed by atoms with Crippen LogP contribution in [0.1, 0.15) is 13.3 Å². The predicted molar refractivity (Wildman–Crippen MR) is 55.4 cm³/mol. The first-order chi connectivity index (χ1) is 6.65. The minimum atomic E-state index is -0.616. The van der Waals surface area contributed by atoms with Crippen molar-refractivity contribution in [3.05, 3.63) is 29.3 Å². The summed E-state index contributed by atoms with van der Waals surface area (Å²) in [4.78, 5) is 10.9. The Morgan fingerprint density at radius 2 is 2.21 bits per heavy atom. The Morgan fingerprint density at radius 3 is 2.71 bits per heavy atom. The first kappa shape index (κ1) is 10.9. The summed E-state index contributed by atoms with van der Waals surface area (Å²) in [7, 11) is 0. The van der Waals surface area contributed by atoms with Crippen LogP contribution in [-0.4, -0.2) is 12.0 Å². The first-order valence-electron chi connectivity index (χ1n) is 4.35. The van der Waals surface area contributed by atoms with Crippen molar-refractivity contribution in [1.82, 2.24) is 0 Å². The number of para-hydroxylation sites is 1. The fourth-order valence-corrected chi connectivity index (χ4v) is 1.22. The van der Waals surface area contributed by atoms with E-state index < -0.39 is 12.0 Å². The molecule has 0 aliphatic heterocycles. The molecule has 3 nitrogen and oxygen atoms in total. The molecule has 0 aliphatic carbocycles. The van der Waals surface area contributed by atoms with Crippen LogP contribution in [0.25, 0.3) is 0 Å². The van der Waals surface area contributed by atoms with Crippen molar-refractivity contribution >= 4 is 17.5 Å². The molecule has 0 saturated carbocycles. The lowest BCUT2D eigenvalue weighted by Gasteiger charge is -2.14. The lowest BCUT2D eigenvalue weighted by atomic mass is 10.2. The predicted octanol–water partition coefficient (Wildman–Crippen LogP) is 1.98. The summed E-state index contributed by atoms with van der Waals surface area (Å²) in [5.74, 6) is 0.00670. The minimum absolute atomic E-state index is 0.479. The van der Waals surface area contributed by atoms with Crippen LogP contribution in [0, 0.1) is 0 Å². The van der Waals surface area contributed by atoms with Gasteiger partial charge in [0.15, 0.2) is 6.10 Å². The Kier molecular flexibility index (Phi) is 3.77. The zero-order valence-corrected chi connectivity index (χ0v) is 8.62. The zero-order valence-electron chi connectivity index (χ0n) is 7.87. The Balaban J connectivity index is 2.77. The van der Waals surface area contributed by atoms with Crippen LogP contribution in [-0.2, 0) is 4.79 Å². The largest absolute Gasteiger partial charge is 0.479 e. The van der Waals surface area contributed by atoms with E-state index in [0.717, 1.165) is 0 Å². The number of hydrogen-bond acceptors (Lipinski definition) is 2. The van der Waals surface area contributed by atoms with Gasteiger partial charge in [-0.2, -0.15) is 0 Å². The van der Waals surface area contributed by atoms with Crippen LogP contribution in [0.5, 0.6) is 5.75 Å². The quantitative estimate of drug-likeness (QED) is 0.832. The van der Waals surface area contributed by atoms with Crippen molar-refractivity contribution in [2.45, 2.75) is 19.4 Å². The lowest BCUT2D eigenvalue weighted by Crippen LogP contribution is -2.33. The molecule has 0 spiro atoms. The van der Waals surface area contributed by atoms with Crippen LogP contribution in [0.3, 0.4) is 0 Å². The fraction of sp³-hybridized carbons (Fsp3) is 0.300. The number of hydrogen-bond donors (Lipinski definition) is 1. The third kappa shape index (κ3) is 2.64. The van der Waals surface area contributed by atoms with Crippen LogP contribution in [0.2, 0.25) is 5.02 Å². The minimum Gasteiger partial charge on any atom is -0.479 e. The smallest absolute Gasteiger partial charge is 0.258 e. The topological polar surface area (TPSA) is 52.3 Å². The van der Waals surface area contributed by atoms with Gasteiger partial charge in [0, 0.05) is 0 Å². The SMILES string of the molecule is CC[C@H](Oc1ccccc1Cl)C(N)=O. The van der Waals surface area contributed by atoms with E-state index in [9.17, 15) is 4.79 Å².